The SMILES string of the molecule is Cc1cc(C(=O)N2CCCC2C(=O)NCCC2CCNC2)ccc1[N+](=O)[O-].Cl. The van der Waals surface area contributed by atoms with Crippen LogP contribution in [0.4, 0.5) is 5.69 Å². The van der Waals surface area contributed by atoms with Gasteiger partial charge in [-0.2, -0.15) is 0 Å². The molecule has 1 aromatic rings. The van der Waals surface area contributed by atoms with Gasteiger partial charge in [0.05, 0.1) is 4.92 Å². The lowest BCUT2D eigenvalue weighted by atomic mass is 10.1. The molecule has 2 N–H and O–H groups in total. The second-order valence-corrected chi connectivity index (χ2v) is 7.35. The van der Waals surface area contributed by atoms with Crippen LogP contribution in [0.25, 0.3) is 0 Å². The van der Waals surface area contributed by atoms with Crippen LogP contribution in [0.2, 0.25) is 0 Å². The van der Waals surface area contributed by atoms with Gasteiger partial charge in [0.15, 0.2) is 0 Å². The molecule has 2 heterocycles. The Labute approximate surface area is 170 Å². The minimum absolute atomic E-state index is 0. The maximum atomic E-state index is 12.8. The fourth-order valence-corrected chi connectivity index (χ4v) is 3.92. The second kappa shape index (κ2) is 9.84. The smallest absolute Gasteiger partial charge is 0.272 e. The molecule has 28 heavy (non-hydrogen) atoms. The van der Waals surface area contributed by atoms with Crippen molar-refractivity contribution in [2.45, 2.75) is 38.6 Å². The Balaban J connectivity index is 0.00000280. The zero-order valence-electron chi connectivity index (χ0n) is 16.0. The fraction of sp³-hybridized carbons (Fsp3) is 0.579. The Morgan fingerprint density at radius 3 is 2.79 bits per heavy atom. The van der Waals surface area contributed by atoms with Gasteiger partial charge in [0, 0.05) is 30.3 Å². The van der Waals surface area contributed by atoms with Gasteiger partial charge in [-0.1, -0.05) is 0 Å². The molecule has 2 amide bonds. The number of hydrogen-bond donors (Lipinski definition) is 2. The number of nitro groups is 1. The molecule has 154 valence electrons. The number of aryl methyl sites for hydroxylation is 1. The van der Waals surface area contributed by atoms with Gasteiger partial charge in [0.25, 0.3) is 11.6 Å². The number of carbonyl (C=O) groups excluding carboxylic acids is 2. The van der Waals surface area contributed by atoms with E-state index in [1.165, 1.54) is 18.2 Å². The van der Waals surface area contributed by atoms with Gasteiger partial charge in [0.2, 0.25) is 5.91 Å². The maximum Gasteiger partial charge on any atom is 0.272 e. The normalized spacial score (nSPS) is 21.2. The average Bonchev–Trinajstić information content (AvgIpc) is 3.32. The van der Waals surface area contributed by atoms with E-state index in [9.17, 15) is 19.7 Å². The van der Waals surface area contributed by atoms with E-state index in [4.69, 9.17) is 0 Å². The van der Waals surface area contributed by atoms with Crippen LogP contribution in [-0.2, 0) is 4.79 Å². The Morgan fingerprint density at radius 2 is 2.14 bits per heavy atom. The highest BCUT2D eigenvalue weighted by Crippen LogP contribution is 2.24. The fourth-order valence-electron chi connectivity index (χ4n) is 3.92. The third-order valence-corrected chi connectivity index (χ3v) is 5.47. The summed E-state index contributed by atoms with van der Waals surface area (Å²) in [5.74, 6) is 0.255. The van der Waals surface area contributed by atoms with Gasteiger partial charge in [-0.15, -0.1) is 12.4 Å². The van der Waals surface area contributed by atoms with Crippen molar-refractivity contribution in [3.8, 4) is 0 Å². The summed E-state index contributed by atoms with van der Waals surface area (Å²) in [6, 6.07) is 3.88. The Bertz CT molecular complexity index is 737. The van der Waals surface area contributed by atoms with Crippen LogP contribution in [0.3, 0.4) is 0 Å². The lowest BCUT2D eigenvalue weighted by Crippen LogP contribution is -2.46. The number of likely N-dealkylation sites (tertiary alicyclic amines) is 1. The number of benzene rings is 1. The molecule has 2 aliphatic rings. The summed E-state index contributed by atoms with van der Waals surface area (Å²) >= 11 is 0. The summed E-state index contributed by atoms with van der Waals surface area (Å²) in [5, 5.41) is 17.2. The molecule has 8 nitrogen and oxygen atoms in total. The van der Waals surface area contributed by atoms with Crippen molar-refractivity contribution in [2.75, 3.05) is 26.2 Å². The van der Waals surface area contributed by atoms with E-state index in [1.807, 2.05) is 0 Å². The lowest BCUT2D eigenvalue weighted by molar-refractivity contribution is -0.385. The molecule has 2 fully saturated rings. The number of halogens is 1. The van der Waals surface area contributed by atoms with Crippen molar-refractivity contribution >= 4 is 29.9 Å². The number of rotatable bonds is 6. The zero-order chi connectivity index (χ0) is 19.4. The number of hydrogen-bond acceptors (Lipinski definition) is 5. The first-order valence-corrected chi connectivity index (χ1v) is 9.52. The first-order valence-electron chi connectivity index (χ1n) is 9.52. The molecule has 0 radical (unpaired) electrons. The summed E-state index contributed by atoms with van der Waals surface area (Å²) < 4.78 is 0. The van der Waals surface area contributed by atoms with E-state index in [0.717, 1.165) is 32.4 Å². The van der Waals surface area contributed by atoms with E-state index in [2.05, 4.69) is 10.6 Å². The van der Waals surface area contributed by atoms with Crippen LogP contribution in [0.1, 0.15) is 41.6 Å². The van der Waals surface area contributed by atoms with Gasteiger partial charge in [-0.3, -0.25) is 19.7 Å². The molecule has 0 spiro atoms. The summed E-state index contributed by atoms with van der Waals surface area (Å²) in [4.78, 5) is 37.5. The highest BCUT2D eigenvalue weighted by Gasteiger charge is 2.34. The first kappa shape index (κ1) is 22.1. The molecule has 2 unspecified atom stereocenters. The number of nitrogens with one attached hydrogen (secondary N) is 2. The van der Waals surface area contributed by atoms with Gasteiger partial charge < -0.3 is 15.5 Å². The quantitative estimate of drug-likeness (QED) is 0.551. The highest BCUT2D eigenvalue weighted by molar-refractivity contribution is 5.98. The number of amides is 2. The van der Waals surface area contributed by atoms with E-state index in [1.54, 1.807) is 11.8 Å². The predicted molar refractivity (Wildman–Crippen MR) is 108 cm³/mol. The van der Waals surface area contributed by atoms with E-state index in [0.29, 0.717) is 36.6 Å². The highest BCUT2D eigenvalue weighted by atomic mass is 35.5. The van der Waals surface area contributed by atoms with Gasteiger partial charge in [-0.25, -0.2) is 0 Å². The molecule has 0 aliphatic carbocycles. The van der Waals surface area contributed by atoms with Crippen molar-refractivity contribution in [3.63, 3.8) is 0 Å². The van der Waals surface area contributed by atoms with Crippen LogP contribution >= 0.6 is 12.4 Å². The molecule has 0 saturated carbocycles. The monoisotopic (exact) mass is 410 g/mol. The molecule has 2 saturated heterocycles. The molecule has 2 atom stereocenters. The van der Waals surface area contributed by atoms with Crippen LogP contribution in [0.5, 0.6) is 0 Å². The Kier molecular flexibility index (Phi) is 7.77. The molecule has 2 aliphatic heterocycles. The molecule has 0 bridgehead atoms. The lowest BCUT2D eigenvalue weighted by Gasteiger charge is -2.24. The van der Waals surface area contributed by atoms with Crippen molar-refractivity contribution in [1.82, 2.24) is 15.5 Å². The third-order valence-electron chi connectivity index (χ3n) is 5.47. The minimum Gasteiger partial charge on any atom is -0.354 e. The van der Waals surface area contributed by atoms with Crippen molar-refractivity contribution < 1.29 is 14.5 Å². The predicted octanol–water partition coefficient (Wildman–Crippen LogP) is 2.05. The molecule has 1 aromatic carbocycles. The molecule has 3 rings (SSSR count). The number of nitro benzene ring substituents is 1. The molecular weight excluding hydrogens is 384 g/mol. The zero-order valence-corrected chi connectivity index (χ0v) is 16.8. The number of carbonyl (C=O) groups is 2. The minimum atomic E-state index is -0.463. The standard InChI is InChI=1S/C19H26N4O4.ClH/c1-13-11-15(4-5-16(13)23(26)27)19(25)22-10-2-3-17(22)18(24)21-9-7-14-6-8-20-12-14;/h4-5,11,14,17,20H,2-3,6-10,12H2,1H3,(H,21,24);1H. The van der Waals surface area contributed by atoms with Crippen molar-refractivity contribution in [2.24, 2.45) is 5.92 Å². The summed E-state index contributed by atoms with van der Waals surface area (Å²) in [6.45, 7) is 4.81. The van der Waals surface area contributed by atoms with Crippen LogP contribution in [0, 0.1) is 23.0 Å². The van der Waals surface area contributed by atoms with E-state index < -0.39 is 11.0 Å². The maximum absolute atomic E-state index is 12.8. The first-order chi connectivity index (χ1) is 13.0. The summed E-state index contributed by atoms with van der Waals surface area (Å²) in [6.07, 6.45) is 3.52. The van der Waals surface area contributed by atoms with Crippen molar-refractivity contribution in [1.29, 1.82) is 0 Å². The van der Waals surface area contributed by atoms with E-state index in [-0.39, 0.29) is 29.9 Å². The average molecular weight is 411 g/mol. The van der Waals surface area contributed by atoms with Gasteiger partial charge >= 0.3 is 0 Å². The second-order valence-electron chi connectivity index (χ2n) is 7.35. The summed E-state index contributed by atoms with van der Waals surface area (Å²) in [7, 11) is 0. The van der Waals surface area contributed by atoms with Gasteiger partial charge in [-0.05, 0) is 63.7 Å². The molecular formula is C19H27ClN4O4. The largest absolute Gasteiger partial charge is 0.354 e. The molecule has 0 aromatic heterocycles. The van der Waals surface area contributed by atoms with Gasteiger partial charge in [0.1, 0.15) is 6.04 Å². The molecule has 9 heteroatoms. The van der Waals surface area contributed by atoms with Crippen LogP contribution in [0.15, 0.2) is 18.2 Å². The topological polar surface area (TPSA) is 105 Å². The Hall–Kier alpha value is -2.19. The van der Waals surface area contributed by atoms with Crippen LogP contribution in [-0.4, -0.2) is 53.9 Å². The van der Waals surface area contributed by atoms with E-state index >= 15 is 0 Å². The number of nitrogens with zero attached hydrogens (tertiary/aromatic N) is 2. The van der Waals surface area contributed by atoms with Crippen LogP contribution < -0.4 is 10.6 Å². The summed E-state index contributed by atoms with van der Waals surface area (Å²) in [5.41, 5.74) is 0.815. The van der Waals surface area contributed by atoms with Crippen molar-refractivity contribution in [3.05, 3.63) is 39.4 Å². The Morgan fingerprint density at radius 1 is 1.36 bits per heavy atom. The third kappa shape index (κ3) is 4.99.